The molecule has 0 saturated carbocycles. The number of aliphatic hydroxyl groups excluding tert-OH is 1. The van der Waals surface area contributed by atoms with E-state index < -0.39 is 6.10 Å². The van der Waals surface area contributed by atoms with E-state index in [1.165, 1.54) is 23.5 Å². The van der Waals surface area contributed by atoms with Crippen LogP contribution >= 0.6 is 11.3 Å². The van der Waals surface area contributed by atoms with Gasteiger partial charge in [-0.3, -0.25) is 0 Å². The van der Waals surface area contributed by atoms with E-state index in [0.717, 1.165) is 39.5 Å². The SMILES string of the molecule is Cc1ccc(F)cc1-c1nc2c(s1)C(O)CC(C)(C)C2. The fraction of sp³-hybridized carbons (Fsp3) is 0.438. The second-order valence-electron chi connectivity index (χ2n) is 6.35. The van der Waals surface area contributed by atoms with Crippen molar-refractivity contribution in [2.45, 2.75) is 39.7 Å². The average Bonchev–Trinajstić information content (AvgIpc) is 2.74. The predicted molar refractivity (Wildman–Crippen MR) is 79.3 cm³/mol. The molecule has 0 radical (unpaired) electrons. The van der Waals surface area contributed by atoms with Crippen molar-refractivity contribution in [3.05, 3.63) is 40.2 Å². The van der Waals surface area contributed by atoms with E-state index in [9.17, 15) is 9.50 Å². The molecule has 1 aromatic carbocycles. The van der Waals surface area contributed by atoms with Gasteiger partial charge in [0.25, 0.3) is 0 Å². The molecule has 0 amide bonds. The van der Waals surface area contributed by atoms with Gasteiger partial charge >= 0.3 is 0 Å². The van der Waals surface area contributed by atoms with Crippen molar-refractivity contribution < 1.29 is 9.50 Å². The van der Waals surface area contributed by atoms with Crippen molar-refractivity contribution in [3.63, 3.8) is 0 Å². The maximum Gasteiger partial charge on any atom is 0.124 e. The largest absolute Gasteiger partial charge is 0.387 e. The van der Waals surface area contributed by atoms with Crippen LogP contribution in [-0.4, -0.2) is 10.1 Å². The van der Waals surface area contributed by atoms with Crippen molar-refractivity contribution in [2.24, 2.45) is 5.41 Å². The molecular formula is C16H18FNOS. The Kier molecular flexibility index (Phi) is 3.18. The number of rotatable bonds is 1. The fourth-order valence-corrected chi connectivity index (χ4v) is 3.98. The first-order valence-electron chi connectivity index (χ1n) is 6.80. The Morgan fingerprint density at radius 1 is 1.40 bits per heavy atom. The smallest absolute Gasteiger partial charge is 0.124 e. The van der Waals surface area contributed by atoms with Gasteiger partial charge in [0.1, 0.15) is 10.8 Å². The lowest BCUT2D eigenvalue weighted by Crippen LogP contribution is -2.24. The lowest BCUT2D eigenvalue weighted by molar-refractivity contribution is 0.102. The number of hydrogen-bond donors (Lipinski definition) is 1. The molecule has 2 aromatic rings. The van der Waals surface area contributed by atoms with E-state index in [2.05, 4.69) is 18.8 Å². The summed E-state index contributed by atoms with van der Waals surface area (Å²) >= 11 is 1.49. The Hall–Kier alpha value is -1.26. The normalized spacial score (nSPS) is 20.8. The zero-order valence-corrected chi connectivity index (χ0v) is 12.7. The molecule has 0 bridgehead atoms. The standard InChI is InChI=1S/C16H18FNOS/c1-9-4-5-10(17)6-11(9)15-18-12-7-16(2,3)8-13(19)14(12)20-15/h4-6,13,19H,7-8H2,1-3H3. The molecule has 1 unspecified atom stereocenters. The van der Waals surface area contributed by atoms with E-state index in [4.69, 9.17) is 0 Å². The van der Waals surface area contributed by atoms with Crippen molar-refractivity contribution >= 4 is 11.3 Å². The van der Waals surface area contributed by atoms with E-state index in [0.29, 0.717) is 0 Å². The summed E-state index contributed by atoms with van der Waals surface area (Å²) in [6, 6.07) is 4.76. The molecule has 0 saturated heterocycles. The van der Waals surface area contributed by atoms with Crippen LogP contribution < -0.4 is 0 Å². The molecule has 1 atom stereocenters. The second kappa shape index (κ2) is 4.64. The van der Waals surface area contributed by atoms with Crippen molar-refractivity contribution in [3.8, 4) is 10.6 Å². The van der Waals surface area contributed by atoms with E-state index in [-0.39, 0.29) is 11.2 Å². The molecule has 0 fully saturated rings. The summed E-state index contributed by atoms with van der Waals surface area (Å²) in [5.41, 5.74) is 2.87. The third kappa shape index (κ3) is 2.38. The highest BCUT2D eigenvalue weighted by Crippen LogP contribution is 2.45. The summed E-state index contributed by atoms with van der Waals surface area (Å²) in [4.78, 5) is 5.61. The monoisotopic (exact) mass is 291 g/mol. The third-order valence-electron chi connectivity index (χ3n) is 3.85. The van der Waals surface area contributed by atoms with Gasteiger partial charge in [-0.25, -0.2) is 9.37 Å². The van der Waals surface area contributed by atoms with Crippen molar-refractivity contribution in [2.75, 3.05) is 0 Å². The predicted octanol–water partition coefficient (Wildman–Crippen LogP) is 4.26. The van der Waals surface area contributed by atoms with Crippen LogP contribution in [0.15, 0.2) is 18.2 Å². The lowest BCUT2D eigenvalue weighted by atomic mass is 9.77. The number of aryl methyl sites for hydroxylation is 1. The van der Waals surface area contributed by atoms with E-state index in [1.807, 2.05) is 6.92 Å². The molecule has 0 spiro atoms. The molecule has 1 N–H and O–H groups in total. The van der Waals surface area contributed by atoms with Crippen LogP contribution in [0.5, 0.6) is 0 Å². The molecule has 1 aliphatic carbocycles. The molecule has 2 nitrogen and oxygen atoms in total. The molecule has 4 heteroatoms. The molecule has 0 aliphatic heterocycles. The highest BCUT2D eigenvalue weighted by molar-refractivity contribution is 7.15. The molecule has 106 valence electrons. The minimum absolute atomic E-state index is 0.0642. The molecule has 20 heavy (non-hydrogen) atoms. The molecule has 1 aliphatic rings. The summed E-state index contributed by atoms with van der Waals surface area (Å²) in [5.74, 6) is -0.250. The number of nitrogens with zero attached hydrogens (tertiary/aromatic N) is 1. The third-order valence-corrected chi connectivity index (χ3v) is 5.08. The summed E-state index contributed by atoms with van der Waals surface area (Å²) in [6.07, 6.45) is 1.17. The maximum absolute atomic E-state index is 13.4. The van der Waals surface area contributed by atoms with Gasteiger partial charge in [0.05, 0.1) is 16.7 Å². The van der Waals surface area contributed by atoms with E-state index in [1.54, 1.807) is 6.07 Å². The highest BCUT2D eigenvalue weighted by Gasteiger charge is 2.34. The fourth-order valence-electron chi connectivity index (χ4n) is 2.83. The van der Waals surface area contributed by atoms with Gasteiger partial charge in [-0.1, -0.05) is 19.9 Å². The van der Waals surface area contributed by atoms with E-state index >= 15 is 0 Å². The second-order valence-corrected chi connectivity index (χ2v) is 7.38. The van der Waals surface area contributed by atoms with Gasteiger partial charge in [-0.05, 0) is 42.9 Å². The first-order chi connectivity index (χ1) is 9.35. The molecular weight excluding hydrogens is 273 g/mol. The Morgan fingerprint density at radius 2 is 2.15 bits per heavy atom. The average molecular weight is 291 g/mol. The topological polar surface area (TPSA) is 33.1 Å². The molecule has 1 heterocycles. The number of aromatic nitrogens is 1. The number of fused-ring (bicyclic) bond motifs is 1. The van der Waals surface area contributed by atoms with Crippen LogP contribution in [0.2, 0.25) is 0 Å². The Morgan fingerprint density at radius 3 is 2.90 bits per heavy atom. The Bertz CT molecular complexity index is 662. The first-order valence-corrected chi connectivity index (χ1v) is 7.61. The summed E-state index contributed by atoms with van der Waals surface area (Å²) in [6.45, 7) is 6.24. The van der Waals surface area contributed by atoms with Crippen LogP contribution in [0.1, 0.15) is 42.5 Å². The minimum Gasteiger partial charge on any atom is -0.387 e. The van der Waals surface area contributed by atoms with Crippen molar-refractivity contribution in [1.29, 1.82) is 0 Å². The number of aliphatic hydroxyl groups is 1. The Labute approximate surface area is 122 Å². The van der Waals surface area contributed by atoms with Crippen LogP contribution in [0.3, 0.4) is 0 Å². The summed E-state index contributed by atoms with van der Waals surface area (Å²) in [7, 11) is 0. The number of halogens is 1. The van der Waals surface area contributed by atoms with Crippen LogP contribution in [0.25, 0.3) is 10.6 Å². The van der Waals surface area contributed by atoms with Gasteiger partial charge in [0, 0.05) is 5.56 Å². The minimum atomic E-state index is -0.450. The first kappa shape index (κ1) is 13.7. The quantitative estimate of drug-likeness (QED) is 0.851. The van der Waals surface area contributed by atoms with Gasteiger partial charge < -0.3 is 5.11 Å². The Balaban J connectivity index is 2.08. The van der Waals surface area contributed by atoms with Gasteiger partial charge in [-0.15, -0.1) is 11.3 Å². The lowest BCUT2D eigenvalue weighted by Gasteiger charge is -2.31. The van der Waals surface area contributed by atoms with Crippen LogP contribution in [0.4, 0.5) is 4.39 Å². The summed E-state index contributed by atoms with van der Waals surface area (Å²) in [5, 5.41) is 11.1. The van der Waals surface area contributed by atoms with Gasteiger partial charge in [-0.2, -0.15) is 0 Å². The number of thiazole rings is 1. The van der Waals surface area contributed by atoms with Crippen LogP contribution in [0, 0.1) is 18.2 Å². The highest BCUT2D eigenvalue weighted by atomic mass is 32.1. The van der Waals surface area contributed by atoms with Gasteiger partial charge in [0.2, 0.25) is 0 Å². The zero-order chi connectivity index (χ0) is 14.5. The van der Waals surface area contributed by atoms with Gasteiger partial charge in [0.15, 0.2) is 0 Å². The number of benzene rings is 1. The molecule has 1 aromatic heterocycles. The van der Waals surface area contributed by atoms with Crippen molar-refractivity contribution in [1.82, 2.24) is 4.98 Å². The molecule has 3 rings (SSSR count). The van der Waals surface area contributed by atoms with Crippen LogP contribution in [-0.2, 0) is 6.42 Å². The summed E-state index contributed by atoms with van der Waals surface area (Å²) < 4.78 is 13.4. The zero-order valence-electron chi connectivity index (χ0n) is 11.9. The number of hydrogen-bond acceptors (Lipinski definition) is 3. The maximum atomic E-state index is 13.4.